The van der Waals surface area contributed by atoms with Gasteiger partial charge in [-0.2, -0.15) is 0 Å². The maximum Gasteiger partial charge on any atom is 0.155 e. The first-order chi connectivity index (χ1) is 7.26. The predicted molar refractivity (Wildman–Crippen MR) is 55.6 cm³/mol. The number of pyridine rings is 1. The van der Waals surface area contributed by atoms with Gasteiger partial charge in [-0.1, -0.05) is 6.92 Å². The van der Waals surface area contributed by atoms with Crippen molar-refractivity contribution in [2.24, 2.45) is 5.92 Å². The Morgan fingerprint density at radius 1 is 1.60 bits per heavy atom. The van der Waals surface area contributed by atoms with Gasteiger partial charge < -0.3 is 4.90 Å². The van der Waals surface area contributed by atoms with Crippen LogP contribution in [0.4, 0.5) is 10.1 Å². The Balaban J connectivity index is 2.22. The van der Waals surface area contributed by atoms with Crippen molar-refractivity contribution >= 4 is 12.0 Å². The molecule has 2 heterocycles. The highest BCUT2D eigenvalue weighted by atomic mass is 19.1. The molecule has 1 aromatic heterocycles. The minimum Gasteiger partial charge on any atom is -0.369 e. The lowest BCUT2D eigenvalue weighted by Crippen LogP contribution is -2.47. The second-order valence-corrected chi connectivity index (χ2v) is 3.85. The number of rotatable bonds is 3. The molecule has 2 rings (SSSR count). The van der Waals surface area contributed by atoms with E-state index in [4.69, 9.17) is 0 Å². The fourth-order valence-electron chi connectivity index (χ4n) is 1.83. The third-order valence-corrected chi connectivity index (χ3v) is 2.91. The fourth-order valence-corrected chi connectivity index (χ4v) is 1.83. The molecule has 3 nitrogen and oxygen atoms in total. The molecule has 0 spiro atoms. The first-order valence-corrected chi connectivity index (χ1v) is 5.10. The summed E-state index contributed by atoms with van der Waals surface area (Å²) >= 11 is 0. The zero-order chi connectivity index (χ0) is 10.8. The van der Waals surface area contributed by atoms with Crippen molar-refractivity contribution in [3.05, 3.63) is 23.8 Å². The summed E-state index contributed by atoms with van der Waals surface area (Å²) in [6, 6.07) is 0. The number of carbonyl (C=O) groups excluding carboxylic acids is 1. The third-order valence-electron chi connectivity index (χ3n) is 2.91. The van der Waals surface area contributed by atoms with E-state index in [0.717, 1.165) is 25.7 Å². The number of carbonyl (C=O) groups is 1. The summed E-state index contributed by atoms with van der Waals surface area (Å²) in [6.45, 7) is 3.91. The number of aromatic nitrogens is 1. The minimum absolute atomic E-state index is 0.125. The number of anilines is 1. The number of hydrogen-bond donors (Lipinski definition) is 0. The summed E-state index contributed by atoms with van der Waals surface area (Å²) in [7, 11) is 0. The van der Waals surface area contributed by atoms with Crippen LogP contribution in [0, 0.1) is 11.7 Å². The molecule has 80 valence electrons. The molecule has 0 amide bonds. The zero-order valence-corrected chi connectivity index (χ0v) is 8.61. The van der Waals surface area contributed by atoms with Gasteiger partial charge in [0.15, 0.2) is 12.1 Å². The van der Waals surface area contributed by atoms with Gasteiger partial charge in [0.05, 0.1) is 23.6 Å². The molecule has 15 heavy (non-hydrogen) atoms. The van der Waals surface area contributed by atoms with Crippen LogP contribution in [-0.2, 0) is 0 Å². The average molecular weight is 208 g/mol. The van der Waals surface area contributed by atoms with Gasteiger partial charge >= 0.3 is 0 Å². The van der Waals surface area contributed by atoms with E-state index >= 15 is 0 Å². The van der Waals surface area contributed by atoms with Crippen LogP contribution in [0.25, 0.3) is 0 Å². The van der Waals surface area contributed by atoms with Gasteiger partial charge in [-0.25, -0.2) is 4.39 Å². The molecule has 0 radical (unpaired) electrons. The maximum absolute atomic E-state index is 13.2. The highest BCUT2D eigenvalue weighted by Crippen LogP contribution is 2.28. The number of hydrogen-bond acceptors (Lipinski definition) is 3. The van der Waals surface area contributed by atoms with Crippen molar-refractivity contribution in [1.29, 1.82) is 0 Å². The van der Waals surface area contributed by atoms with Gasteiger partial charge in [-0.05, 0) is 12.3 Å². The molecule has 1 aliphatic rings. The van der Waals surface area contributed by atoms with Gasteiger partial charge in [0.2, 0.25) is 0 Å². The highest BCUT2D eigenvalue weighted by Gasteiger charge is 2.27. The van der Waals surface area contributed by atoms with Gasteiger partial charge in [-0.3, -0.25) is 9.78 Å². The van der Waals surface area contributed by atoms with E-state index < -0.39 is 5.82 Å². The average Bonchev–Trinajstić information content (AvgIpc) is 2.16. The lowest BCUT2D eigenvalue weighted by atomic mass is 9.96. The first kappa shape index (κ1) is 10.1. The van der Waals surface area contributed by atoms with Crippen molar-refractivity contribution in [2.45, 2.75) is 13.3 Å². The molecule has 0 bridgehead atoms. The number of aldehydes is 1. The molecule has 1 saturated heterocycles. The second kappa shape index (κ2) is 3.96. The van der Waals surface area contributed by atoms with Crippen LogP contribution in [0.15, 0.2) is 12.4 Å². The van der Waals surface area contributed by atoms with E-state index in [-0.39, 0.29) is 5.56 Å². The Hall–Kier alpha value is -1.45. The fraction of sp³-hybridized carbons (Fsp3) is 0.455. The Morgan fingerprint density at radius 3 is 2.93 bits per heavy atom. The molecule has 0 saturated carbocycles. The molecule has 0 aliphatic carbocycles. The first-order valence-electron chi connectivity index (χ1n) is 5.10. The molecule has 1 aliphatic heterocycles. The van der Waals surface area contributed by atoms with E-state index in [1.165, 1.54) is 0 Å². The van der Waals surface area contributed by atoms with Crippen LogP contribution in [0.1, 0.15) is 23.7 Å². The molecule has 0 atom stereocenters. The molecule has 0 aromatic carbocycles. The van der Waals surface area contributed by atoms with E-state index in [9.17, 15) is 9.18 Å². The van der Waals surface area contributed by atoms with Crippen LogP contribution in [-0.4, -0.2) is 24.4 Å². The van der Waals surface area contributed by atoms with Crippen LogP contribution < -0.4 is 4.90 Å². The van der Waals surface area contributed by atoms with Gasteiger partial charge in [0, 0.05) is 13.1 Å². The summed E-state index contributed by atoms with van der Waals surface area (Å²) in [6.07, 6.45) is 4.31. The Morgan fingerprint density at radius 2 is 2.33 bits per heavy atom. The number of nitrogens with zero attached hydrogens (tertiary/aromatic N) is 2. The maximum atomic E-state index is 13.2. The molecule has 0 N–H and O–H groups in total. The molecule has 0 unspecified atom stereocenters. The Labute approximate surface area is 87.9 Å². The van der Waals surface area contributed by atoms with Gasteiger partial charge in [0.1, 0.15) is 0 Å². The van der Waals surface area contributed by atoms with E-state index in [1.54, 1.807) is 6.20 Å². The lowest BCUT2D eigenvalue weighted by Gasteiger charge is -2.41. The van der Waals surface area contributed by atoms with Crippen molar-refractivity contribution in [3.8, 4) is 0 Å². The van der Waals surface area contributed by atoms with E-state index in [0.29, 0.717) is 17.9 Å². The van der Waals surface area contributed by atoms with Gasteiger partial charge in [-0.15, -0.1) is 0 Å². The summed E-state index contributed by atoms with van der Waals surface area (Å²) in [5, 5.41) is 0. The monoisotopic (exact) mass is 208 g/mol. The summed E-state index contributed by atoms with van der Waals surface area (Å²) < 4.78 is 13.2. The van der Waals surface area contributed by atoms with E-state index in [1.807, 2.05) is 4.90 Å². The van der Waals surface area contributed by atoms with Crippen LogP contribution >= 0.6 is 0 Å². The van der Waals surface area contributed by atoms with Gasteiger partial charge in [0.25, 0.3) is 0 Å². The van der Waals surface area contributed by atoms with Crippen molar-refractivity contribution in [3.63, 3.8) is 0 Å². The second-order valence-electron chi connectivity index (χ2n) is 3.85. The van der Waals surface area contributed by atoms with Crippen molar-refractivity contribution < 1.29 is 9.18 Å². The minimum atomic E-state index is -0.539. The summed E-state index contributed by atoms with van der Waals surface area (Å²) in [4.78, 5) is 16.5. The van der Waals surface area contributed by atoms with Crippen LogP contribution in [0.5, 0.6) is 0 Å². The highest BCUT2D eigenvalue weighted by molar-refractivity contribution is 5.84. The third kappa shape index (κ3) is 1.71. The van der Waals surface area contributed by atoms with Crippen LogP contribution in [0.2, 0.25) is 0 Å². The quantitative estimate of drug-likeness (QED) is 0.711. The normalized spacial score (nSPS) is 16.3. The molecule has 1 aromatic rings. The van der Waals surface area contributed by atoms with E-state index in [2.05, 4.69) is 11.9 Å². The van der Waals surface area contributed by atoms with Crippen LogP contribution in [0.3, 0.4) is 0 Å². The van der Waals surface area contributed by atoms with Crippen molar-refractivity contribution in [1.82, 2.24) is 4.98 Å². The number of halogens is 1. The summed E-state index contributed by atoms with van der Waals surface area (Å²) in [5.41, 5.74) is 0.745. The SMILES string of the molecule is CCC1CN(c2cncc(F)c2C=O)C1. The molecule has 1 fully saturated rings. The largest absolute Gasteiger partial charge is 0.369 e. The topological polar surface area (TPSA) is 33.2 Å². The smallest absolute Gasteiger partial charge is 0.155 e. The predicted octanol–water partition coefficient (Wildman–Crippen LogP) is 1.88. The van der Waals surface area contributed by atoms with Crippen molar-refractivity contribution in [2.75, 3.05) is 18.0 Å². The Bertz CT molecular complexity index is 375. The summed E-state index contributed by atoms with van der Waals surface area (Å²) in [5.74, 6) is 0.121. The lowest BCUT2D eigenvalue weighted by molar-refractivity contribution is 0.111. The molecular formula is C11H13FN2O. The molecule has 4 heteroatoms. The Kier molecular flexibility index (Phi) is 2.66. The molecular weight excluding hydrogens is 195 g/mol. The zero-order valence-electron chi connectivity index (χ0n) is 8.61. The standard InChI is InChI=1S/C11H13FN2O/c1-2-8-5-14(6-8)11-4-13-3-10(12)9(11)7-15/h3-4,7-8H,2,5-6H2,1H3.